The van der Waals surface area contributed by atoms with Gasteiger partial charge in [-0.15, -0.1) is 0 Å². The van der Waals surface area contributed by atoms with E-state index >= 15 is 0 Å². The fourth-order valence-electron chi connectivity index (χ4n) is 9.07. The van der Waals surface area contributed by atoms with Crippen molar-refractivity contribution in [1.82, 2.24) is 4.90 Å². The van der Waals surface area contributed by atoms with Crippen molar-refractivity contribution in [2.45, 2.75) is 102 Å². The normalized spacial score (nSPS) is 59.1. The Morgan fingerprint density at radius 1 is 0.857 bits per heavy atom. The van der Waals surface area contributed by atoms with Crippen LogP contribution in [0, 0.1) is 34.5 Å². The third-order valence-corrected chi connectivity index (χ3v) is 10.9. The first-order valence-corrected chi connectivity index (χ1v) is 12.2. The van der Waals surface area contributed by atoms with E-state index in [-0.39, 0.29) is 17.6 Å². The van der Waals surface area contributed by atoms with Crippen LogP contribution in [-0.4, -0.2) is 58.7 Å². The Kier molecular flexibility index (Phi) is 4.11. The Bertz CT molecular complexity index is 633. The number of nitrogens with zero attached hydrogens (tertiary/aromatic N) is 1. The Morgan fingerprint density at radius 2 is 1.64 bits per heavy atom. The van der Waals surface area contributed by atoms with Gasteiger partial charge in [0.1, 0.15) is 0 Å². The molecule has 6 fully saturated rings. The average molecular weight is 390 g/mol. The maximum atomic E-state index is 11.5. The number of hydrogen-bond acceptors (Lipinski definition) is 4. The van der Waals surface area contributed by atoms with E-state index in [9.17, 15) is 10.2 Å². The van der Waals surface area contributed by atoms with Crippen LogP contribution in [0.3, 0.4) is 0 Å². The molecular weight excluding hydrogens is 350 g/mol. The molecule has 2 saturated heterocycles. The molecule has 10 atom stereocenters. The number of ether oxygens (including phenoxy) is 1. The zero-order valence-electron chi connectivity index (χ0n) is 17.7. The highest BCUT2D eigenvalue weighted by Gasteiger charge is 2.65. The van der Waals surface area contributed by atoms with Gasteiger partial charge in [-0.1, -0.05) is 13.8 Å². The molecule has 0 aromatic rings. The summed E-state index contributed by atoms with van der Waals surface area (Å²) in [5.41, 5.74) is 0.568. The second-order valence-electron chi connectivity index (χ2n) is 11.9. The fourth-order valence-corrected chi connectivity index (χ4v) is 9.07. The third-order valence-electron chi connectivity index (χ3n) is 10.9. The first kappa shape index (κ1) is 18.6. The van der Waals surface area contributed by atoms with Gasteiger partial charge in [0.25, 0.3) is 0 Å². The molecule has 0 spiro atoms. The maximum Gasteiger partial charge on any atom is 0.0847 e. The van der Waals surface area contributed by atoms with Crippen molar-refractivity contribution in [3.63, 3.8) is 0 Å². The summed E-state index contributed by atoms with van der Waals surface area (Å²) < 4.78 is 5.98. The van der Waals surface area contributed by atoms with E-state index in [0.717, 1.165) is 43.7 Å². The van der Waals surface area contributed by atoms with Gasteiger partial charge in [0.15, 0.2) is 0 Å². The summed E-state index contributed by atoms with van der Waals surface area (Å²) in [5.74, 6) is 3.18. The number of aliphatic hydroxyl groups is 2. The fraction of sp³-hybridized carbons (Fsp3) is 1.00. The Labute approximate surface area is 170 Å². The van der Waals surface area contributed by atoms with Gasteiger partial charge in [-0.25, -0.2) is 0 Å². The highest BCUT2D eigenvalue weighted by atomic mass is 16.6. The van der Waals surface area contributed by atoms with Crippen molar-refractivity contribution in [3.8, 4) is 0 Å². The zero-order valence-corrected chi connectivity index (χ0v) is 17.7. The second-order valence-corrected chi connectivity index (χ2v) is 11.9. The minimum Gasteiger partial charge on any atom is -0.393 e. The molecule has 28 heavy (non-hydrogen) atoms. The van der Waals surface area contributed by atoms with Crippen molar-refractivity contribution in [3.05, 3.63) is 0 Å². The number of hydrogen-bond donors (Lipinski definition) is 2. The van der Waals surface area contributed by atoms with Gasteiger partial charge in [0.05, 0.1) is 24.4 Å². The van der Waals surface area contributed by atoms with Crippen LogP contribution in [0.1, 0.15) is 71.6 Å². The molecule has 158 valence electrons. The molecule has 0 aromatic carbocycles. The number of rotatable bonds is 1. The van der Waals surface area contributed by atoms with Crippen molar-refractivity contribution >= 4 is 0 Å². The van der Waals surface area contributed by atoms with Gasteiger partial charge < -0.3 is 14.9 Å². The molecule has 0 aromatic heterocycles. The molecule has 0 amide bonds. The van der Waals surface area contributed by atoms with Crippen LogP contribution >= 0.6 is 0 Å². The van der Waals surface area contributed by atoms with Crippen molar-refractivity contribution in [2.75, 3.05) is 13.1 Å². The number of epoxide rings is 1. The SMILES string of the molecule is C[C@]12CC3OC3CC1CC[C@@H]1[C@H]2CC[C@]2(C)C(O)C(N3CCC(O)CC3)C[C@@H]12. The van der Waals surface area contributed by atoms with Crippen LogP contribution in [0.5, 0.6) is 0 Å². The van der Waals surface area contributed by atoms with Gasteiger partial charge >= 0.3 is 0 Å². The van der Waals surface area contributed by atoms with Crippen LogP contribution < -0.4 is 0 Å². The molecule has 6 rings (SSSR count). The lowest BCUT2D eigenvalue weighted by Crippen LogP contribution is -2.54. The molecule has 5 unspecified atom stereocenters. The molecule has 4 nitrogen and oxygen atoms in total. The number of likely N-dealkylation sites (tertiary alicyclic amines) is 1. The van der Waals surface area contributed by atoms with E-state index in [0.29, 0.717) is 29.6 Å². The summed E-state index contributed by atoms with van der Waals surface area (Å²) in [5, 5.41) is 21.4. The van der Waals surface area contributed by atoms with E-state index in [1.54, 1.807) is 0 Å². The molecule has 6 aliphatic rings. The van der Waals surface area contributed by atoms with Gasteiger partial charge in [-0.3, -0.25) is 4.90 Å². The smallest absolute Gasteiger partial charge is 0.0847 e. The first-order valence-electron chi connectivity index (χ1n) is 12.2. The summed E-state index contributed by atoms with van der Waals surface area (Å²) in [6.07, 6.45) is 11.6. The van der Waals surface area contributed by atoms with Crippen LogP contribution in [-0.2, 0) is 4.74 Å². The number of fused-ring (bicyclic) bond motifs is 6. The van der Waals surface area contributed by atoms with Crippen LogP contribution in [0.15, 0.2) is 0 Å². The molecule has 2 heterocycles. The molecule has 2 N–H and O–H groups in total. The van der Waals surface area contributed by atoms with Gasteiger partial charge in [0.2, 0.25) is 0 Å². The molecule has 4 saturated carbocycles. The average Bonchev–Trinajstić information content (AvgIpc) is 3.36. The minimum absolute atomic E-state index is 0.0956. The van der Waals surface area contributed by atoms with Crippen molar-refractivity contribution in [2.24, 2.45) is 34.5 Å². The number of piperidine rings is 1. The van der Waals surface area contributed by atoms with Gasteiger partial charge in [0, 0.05) is 19.1 Å². The summed E-state index contributed by atoms with van der Waals surface area (Å²) >= 11 is 0. The standard InChI is InChI=1S/C24H39NO3/c1-23-8-5-17-16(4-3-14-11-20-21(28-20)13-24(14,17)2)18(23)12-19(22(23)27)25-9-6-15(26)7-10-25/h14-22,26-27H,3-13H2,1-2H3/t14?,16-,17-,18+,19?,20?,21?,22?,23+,24+/m1/s1. The lowest BCUT2D eigenvalue weighted by molar-refractivity contribution is -0.119. The van der Waals surface area contributed by atoms with E-state index in [2.05, 4.69) is 18.7 Å². The predicted molar refractivity (Wildman–Crippen MR) is 108 cm³/mol. The molecular formula is C24H39NO3. The summed E-state index contributed by atoms with van der Waals surface area (Å²) in [7, 11) is 0. The van der Waals surface area contributed by atoms with Crippen molar-refractivity contribution in [1.29, 1.82) is 0 Å². The third kappa shape index (κ3) is 2.50. The van der Waals surface area contributed by atoms with Crippen molar-refractivity contribution < 1.29 is 14.9 Å². The summed E-state index contributed by atoms with van der Waals surface area (Å²) in [4.78, 5) is 2.52. The van der Waals surface area contributed by atoms with Crippen LogP contribution in [0.4, 0.5) is 0 Å². The van der Waals surface area contributed by atoms with E-state index in [4.69, 9.17) is 4.74 Å². The number of aliphatic hydroxyl groups excluding tert-OH is 2. The minimum atomic E-state index is -0.193. The van der Waals surface area contributed by atoms with Gasteiger partial charge in [-0.05, 0) is 92.3 Å². The Balaban J connectivity index is 1.25. The lowest BCUT2D eigenvalue weighted by atomic mass is 9.45. The summed E-state index contributed by atoms with van der Waals surface area (Å²) in [6, 6.07) is 0.314. The first-order chi connectivity index (χ1) is 13.4. The Morgan fingerprint density at radius 3 is 2.43 bits per heavy atom. The van der Waals surface area contributed by atoms with E-state index < -0.39 is 0 Å². The lowest BCUT2D eigenvalue weighted by Gasteiger charge is -2.59. The van der Waals surface area contributed by atoms with Crippen LogP contribution in [0.25, 0.3) is 0 Å². The Hall–Kier alpha value is -0.160. The second kappa shape index (κ2) is 6.18. The molecule has 2 aliphatic heterocycles. The molecule has 0 bridgehead atoms. The van der Waals surface area contributed by atoms with Gasteiger partial charge in [-0.2, -0.15) is 0 Å². The molecule has 4 heteroatoms. The van der Waals surface area contributed by atoms with Crippen LogP contribution in [0.2, 0.25) is 0 Å². The topological polar surface area (TPSA) is 56.2 Å². The maximum absolute atomic E-state index is 11.5. The predicted octanol–water partition coefficient (Wildman–Crippen LogP) is 3.20. The molecule has 4 aliphatic carbocycles. The highest BCUT2D eigenvalue weighted by molar-refractivity contribution is 5.15. The highest BCUT2D eigenvalue weighted by Crippen LogP contribution is 2.68. The largest absolute Gasteiger partial charge is 0.393 e. The van der Waals surface area contributed by atoms with E-state index in [1.165, 1.54) is 44.9 Å². The zero-order chi connectivity index (χ0) is 19.3. The van der Waals surface area contributed by atoms with E-state index in [1.807, 2.05) is 0 Å². The quantitative estimate of drug-likeness (QED) is 0.676. The molecule has 0 radical (unpaired) electrons. The monoisotopic (exact) mass is 389 g/mol. The summed E-state index contributed by atoms with van der Waals surface area (Å²) in [6.45, 7) is 6.93.